The van der Waals surface area contributed by atoms with E-state index >= 15 is 0 Å². The molecule has 0 aliphatic heterocycles. The number of amides is 1. The number of nitro benzene ring substituents is 1. The number of carbonyl (C=O) groups is 1. The van der Waals surface area contributed by atoms with E-state index in [0.29, 0.717) is 23.8 Å². The maximum Gasteiger partial charge on any atom is 0.270 e. The molecule has 3 aromatic rings. The van der Waals surface area contributed by atoms with Gasteiger partial charge in [-0.05, 0) is 43.9 Å². The Morgan fingerprint density at radius 1 is 1.24 bits per heavy atom. The first-order chi connectivity index (χ1) is 13.8. The molecule has 29 heavy (non-hydrogen) atoms. The molecule has 1 amide bonds. The zero-order valence-electron chi connectivity index (χ0n) is 15.9. The van der Waals surface area contributed by atoms with Gasteiger partial charge in [-0.25, -0.2) is 4.98 Å². The molecule has 1 aromatic heterocycles. The highest BCUT2D eigenvalue weighted by Gasteiger charge is 2.18. The number of carbonyl (C=O) groups excluding carboxylic acids is 1. The van der Waals surface area contributed by atoms with Crippen LogP contribution in [0.5, 0.6) is 0 Å². The van der Waals surface area contributed by atoms with E-state index in [1.54, 1.807) is 23.1 Å². The van der Waals surface area contributed by atoms with Crippen LogP contribution in [0.15, 0.2) is 53.0 Å². The number of benzene rings is 2. The maximum atomic E-state index is 12.9. The molecule has 0 aliphatic carbocycles. The fourth-order valence-electron chi connectivity index (χ4n) is 2.60. The van der Waals surface area contributed by atoms with Crippen LogP contribution in [0.1, 0.15) is 5.56 Å². The number of thiazole rings is 1. The van der Waals surface area contributed by atoms with Gasteiger partial charge in [0.15, 0.2) is 5.13 Å². The van der Waals surface area contributed by atoms with Gasteiger partial charge in [0.2, 0.25) is 0 Å². The number of non-ortho nitro benzene ring substituents is 1. The fraction of sp³-hybridized carbons (Fsp3) is 0.200. The van der Waals surface area contributed by atoms with Crippen LogP contribution in [-0.4, -0.2) is 47.9 Å². The van der Waals surface area contributed by atoms with Gasteiger partial charge in [-0.3, -0.25) is 19.8 Å². The average Bonchev–Trinajstić information content (AvgIpc) is 3.09. The predicted molar refractivity (Wildman–Crippen MR) is 120 cm³/mol. The lowest BCUT2D eigenvalue weighted by Gasteiger charge is -2.20. The summed E-state index contributed by atoms with van der Waals surface area (Å²) < 4.78 is 1.94. The minimum Gasteiger partial charge on any atom is -0.308 e. The lowest BCUT2D eigenvalue weighted by molar-refractivity contribution is -0.384. The summed E-state index contributed by atoms with van der Waals surface area (Å²) in [4.78, 5) is 31.6. The summed E-state index contributed by atoms with van der Waals surface area (Å²) in [5, 5.41) is 11.6. The summed E-state index contributed by atoms with van der Waals surface area (Å²) in [6.45, 7) is 1.15. The number of likely N-dealkylation sites (N-methyl/N-ethyl adjacent to an activating group) is 1. The number of aromatic nitrogens is 1. The fourth-order valence-corrected chi connectivity index (χ4v) is 4.15. The molecular weight excluding hydrogens is 456 g/mol. The number of anilines is 1. The second kappa shape index (κ2) is 9.25. The van der Waals surface area contributed by atoms with Crippen LogP contribution in [0.4, 0.5) is 10.8 Å². The topological polar surface area (TPSA) is 79.6 Å². The van der Waals surface area contributed by atoms with Crippen LogP contribution in [0.3, 0.4) is 0 Å². The third-order valence-electron chi connectivity index (χ3n) is 4.11. The molecule has 0 saturated carbocycles. The van der Waals surface area contributed by atoms with Crippen molar-refractivity contribution < 1.29 is 9.72 Å². The number of hydrogen-bond acceptors (Lipinski definition) is 6. The molecular formula is C20H19BrN4O3S. The number of hydrogen-bond donors (Lipinski definition) is 0. The van der Waals surface area contributed by atoms with E-state index in [1.807, 2.05) is 37.2 Å². The molecule has 0 radical (unpaired) electrons. The van der Waals surface area contributed by atoms with Gasteiger partial charge in [-0.2, -0.15) is 0 Å². The van der Waals surface area contributed by atoms with Crippen molar-refractivity contribution >= 4 is 60.3 Å². The van der Waals surface area contributed by atoms with E-state index in [1.165, 1.54) is 29.5 Å². The largest absolute Gasteiger partial charge is 0.308 e. The van der Waals surface area contributed by atoms with E-state index < -0.39 is 4.92 Å². The van der Waals surface area contributed by atoms with Crippen molar-refractivity contribution in [2.24, 2.45) is 0 Å². The Kier molecular flexibility index (Phi) is 6.73. The van der Waals surface area contributed by atoms with Gasteiger partial charge in [0.25, 0.3) is 11.6 Å². The first-order valence-electron chi connectivity index (χ1n) is 8.78. The zero-order valence-corrected chi connectivity index (χ0v) is 18.3. The van der Waals surface area contributed by atoms with Crippen molar-refractivity contribution in [2.75, 3.05) is 32.1 Å². The molecule has 0 atom stereocenters. The first kappa shape index (κ1) is 21.1. The molecule has 0 spiro atoms. The number of halogens is 1. The van der Waals surface area contributed by atoms with Crippen molar-refractivity contribution in [3.8, 4) is 0 Å². The Bertz CT molecular complexity index is 1080. The molecule has 1 heterocycles. The highest BCUT2D eigenvalue weighted by atomic mass is 79.9. The lowest BCUT2D eigenvalue weighted by Crippen LogP contribution is -2.35. The normalized spacial score (nSPS) is 11.4. The smallest absolute Gasteiger partial charge is 0.270 e. The Morgan fingerprint density at radius 2 is 2.03 bits per heavy atom. The Morgan fingerprint density at radius 3 is 2.76 bits per heavy atom. The molecule has 0 fully saturated rings. The zero-order chi connectivity index (χ0) is 21.0. The molecule has 0 N–H and O–H groups in total. The first-order valence-corrected chi connectivity index (χ1v) is 10.4. The number of fused-ring (bicyclic) bond motifs is 1. The molecule has 9 heteroatoms. The van der Waals surface area contributed by atoms with Gasteiger partial charge in [0.05, 0.1) is 15.1 Å². The molecule has 0 unspecified atom stereocenters. The molecule has 7 nitrogen and oxygen atoms in total. The summed E-state index contributed by atoms with van der Waals surface area (Å²) in [6.07, 6.45) is 3.01. The van der Waals surface area contributed by atoms with Crippen LogP contribution >= 0.6 is 27.3 Å². The Hall–Kier alpha value is -2.62. The minimum atomic E-state index is -0.457. The Balaban J connectivity index is 1.87. The lowest BCUT2D eigenvalue weighted by atomic mass is 10.2. The van der Waals surface area contributed by atoms with Crippen molar-refractivity contribution in [1.29, 1.82) is 0 Å². The molecule has 0 bridgehead atoms. The van der Waals surface area contributed by atoms with E-state index in [-0.39, 0.29) is 11.6 Å². The van der Waals surface area contributed by atoms with Crippen molar-refractivity contribution in [1.82, 2.24) is 9.88 Å². The number of nitrogens with zero attached hydrogens (tertiary/aromatic N) is 4. The van der Waals surface area contributed by atoms with Gasteiger partial charge in [-0.15, -0.1) is 0 Å². The second-order valence-corrected chi connectivity index (χ2v) is 8.51. The molecule has 3 rings (SSSR count). The summed E-state index contributed by atoms with van der Waals surface area (Å²) in [7, 11) is 3.88. The van der Waals surface area contributed by atoms with Crippen molar-refractivity contribution in [3.05, 3.63) is 68.7 Å². The monoisotopic (exact) mass is 474 g/mol. The number of rotatable bonds is 7. The molecule has 150 valence electrons. The summed E-state index contributed by atoms with van der Waals surface area (Å²) in [5.74, 6) is -0.225. The van der Waals surface area contributed by atoms with Gasteiger partial charge < -0.3 is 4.90 Å². The minimum absolute atomic E-state index is 0.0131. The highest BCUT2D eigenvalue weighted by molar-refractivity contribution is 9.10. The summed E-state index contributed by atoms with van der Waals surface area (Å²) in [5.41, 5.74) is 1.41. The van der Waals surface area contributed by atoms with Crippen molar-refractivity contribution in [3.63, 3.8) is 0 Å². The van der Waals surface area contributed by atoms with Gasteiger partial charge in [0, 0.05) is 35.8 Å². The van der Waals surface area contributed by atoms with Gasteiger partial charge in [0.1, 0.15) is 0 Å². The average molecular weight is 475 g/mol. The summed E-state index contributed by atoms with van der Waals surface area (Å²) in [6, 6.07) is 12.0. The van der Waals surface area contributed by atoms with Gasteiger partial charge in [-0.1, -0.05) is 39.4 Å². The third kappa shape index (κ3) is 5.47. The van der Waals surface area contributed by atoms with Gasteiger partial charge >= 0.3 is 0 Å². The Labute approximate surface area is 180 Å². The van der Waals surface area contributed by atoms with E-state index in [4.69, 9.17) is 0 Å². The van der Waals surface area contributed by atoms with Crippen LogP contribution < -0.4 is 4.90 Å². The van der Waals surface area contributed by atoms with Crippen LogP contribution in [0.2, 0.25) is 0 Å². The summed E-state index contributed by atoms with van der Waals surface area (Å²) >= 11 is 4.91. The van der Waals surface area contributed by atoms with E-state index in [0.717, 1.165) is 14.7 Å². The van der Waals surface area contributed by atoms with E-state index in [2.05, 4.69) is 20.9 Å². The second-order valence-electron chi connectivity index (χ2n) is 6.59. The standard InChI is InChI=1S/C20H19BrN4O3S/c1-23(2)10-11-24(20-22-17-8-7-15(21)13-18(17)29-20)19(26)9-6-14-4-3-5-16(12-14)25(27)28/h3-9,12-13H,10-11H2,1-2H3/b9-6+. The van der Waals surface area contributed by atoms with Crippen LogP contribution in [-0.2, 0) is 4.79 Å². The predicted octanol–water partition coefficient (Wildman–Crippen LogP) is 4.58. The third-order valence-corrected chi connectivity index (χ3v) is 5.64. The quantitative estimate of drug-likeness (QED) is 0.284. The van der Waals surface area contributed by atoms with E-state index in [9.17, 15) is 14.9 Å². The van der Waals surface area contributed by atoms with Crippen LogP contribution in [0, 0.1) is 10.1 Å². The molecule has 2 aromatic carbocycles. The SMILES string of the molecule is CN(C)CCN(C(=O)/C=C/c1cccc([N+](=O)[O-])c1)c1nc2ccc(Br)cc2s1. The highest BCUT2D eigenvalue weighted by Crippen LogP contribution is 2.31. The molecule has 0 saturated heterocycles. The van der Waals surface area contributed by atoms with Crippen molar-refractivity contribution in [2.45, 2.75) is 0 Å². The molecule has 0 aliphatic rings. The number of nitro groups is 1. The maximum absolute atomic E-state index is 12.9. The van der Waals surface area contributed by atoms with Crippen LogP contribution in [0.25, 0.3) is 16.3 Å².